The van der Waals surface area contributed by atoms with Crippen molar-refractivity contribution in [3.63, 3.8) is 0 Å². The van der Waals surface area contributed by atoms with Crippen molar-refractivity contribution in [2.45, 2.75) is 9.79 Å². The van der Waals surface area contributed by atoms with Crippen LogP contribution in [0.5, 0.6) is 0 Å². The molecular weight excluding hydrogens is 317 g/mol. The maximum atomic E-state index is 11.2. The van der Waals surface area contributed by atoms with Crippen LogP contribution >= 0.6 is 0 Å². The smallest absolute Gasteiger partial charge is 1.00 e. The van der Waals surface area contributed by atoms with E-state index in [2.05, 4.69) is 0 Å². The topological polar surface area (TPSA) is 135 Å². The number of nitrogens with two attached hydrogens (primary N) is 1. The molecule has 0 fully saturated rings. The first kappa shape index (κ1) is 17.4. The first-order valence-corrected chi connectivity index (χ1v) is 7.76. The molecule has 0 aromatic heterocycles. The van der Waals surface area contributed by atoms with Crippen LogP contribution in [0.1, 0.15) is 1.43 Å². The van der Waals surface area contributed by atoms with E-state index in [1.807, 2.05) is 0 Å². The van der Waals surface area contributed by atoms with E-state index >= 15 is 0 Å². The molecule has 0 saturated carbocycles. The van der Waals surface area contributed by atoms with Gasteiger partial charge in [-0.05, 0) is 23.6 Å². The minimum atomic E-state index is -4.49. The largest absolute Gasteiger partial charge is 1.00 e. The fraction of sp³-hybridized carbons (Fsp3) is 0. The Bertz CT molecular complexity index is 882. The Morgan fingerprint density at radius 1 is 1.00 bits per heavy atom. The second-order valence-corrected chi connectivity index (χ2v) is 6.63. The summed E-state index contributed by atoms with van der Waals surface area (Å²) in [6.45, 7) is 0. The summed E-state index contributed by atoms with van der Waals surface area (Å²) in [5, 5.41) is 0.167. The normalized spacial score (nSPS) is 12.1. The summed E-state index contributed by atoms with van der Waals surface area (Å²) in [5.74, 6) is 0. The molecular formula is C10H10NNaO6S2. The van der Waals surface area contributed by atoms with Crippen molar-refractivity contribution in [3.05, 3.63) is 30.3 Å². The Kier molecular flexibility index (Phi) is 4.87. The molecule has 0 heterocycles. The van der Waals surface area contributed by atoms with Crippen LogP contribution < -0.4 is 35.3 Å². The zero-order valence-corrected chi connectivity index (χ0v) is 13.9. The average molecular weight is 327 g/mol. The first-order valence-electron chi connectivity index (χ1n) is 4.88. The van der Waals surface area contributed by atoms with Crippen LogP contribution in [0.2, 0.25) is 0 Å². The summed E-state index contributed by atoms with van der Waals surface area (Å²) in [6, 6.07) is 5.86. The van der Waals surface area contributed by atoms with Crippen molar-refractivity contribution in [1.82, 2.24) is 0 Å². The first-order chi connectivity index (χ1) is 8.60. The van der Waals surface area contributed by atoms with Crippen molar-refractivity contribution in [3.8, 4) is 0 Å². The van der Waals surface area contributed by atoms with Gasteiger partial charge >= 0.3 is 29.6 Å². The third-order valence-corrected chi connectivity index (χ3v) is 4.25. The zero-order valence-electron chi connectivity index (χ0n) is 11.3. The molecule has 0 atom stereocenters. The standard InChI is InChI=1S/C10H9NO6S2.Na.H/c11-8-5-7(18(12,13)14)4-6-2-1-3-9(10(6)8)19(15,16)17;;/h1-5H,11H2,(H,12,13,14)(H,15,16,17);;/q;+1;-1. The van der Waals surface area contributed by atoms with Gasteiger partial charge in [0.25, 0.3) is 20.2 Å². The maximum Gasteiger partial charge on any atom is 1.00 e. The second-order valence-electron chi connectivity index (χ2n) is 3.82. The average Bonchev–Trinajstić information content (AvgIpc) is 2.25. The van der Waals surface area contributed by atoms with E-state index in [9.17, 15) is 16.8 Å². The molecule has 0 aliphatic carbocycles. The van der Waals surface area contributed by atoms with Crippen LogP contribution in [0.4, 0.5) is 5.69 Å². The minimum Gasteiger partial charge on any atom is -1.00 e. The van der Waals surface area contributed by atoms with Crippen LogP contribution in [0.15, 0.2) is 40.1 Å². The summed E-state index contributed by atoms with van der Waals surface area (Å²) < 4.78 is 62.6. The van der Waals surface area contributed by atoms with Gasteiger partial charge in [0.2, 0.25) is 0 Å². The minimum absolute atomic E-state index is 0. The fourth-order valence-corrected chi connectivity index (χ4v) is 3.06. The summed E-state index contributed by atoms with van der Waals surface area (Å²) in [7, 11) is -8.95. The predicted octanol–water partition coefficient (Wildman–Crippen LogP) is -1.97. The molecule has 0 saturated heterocycles. The van der Waals surface area contributed by atoms with Crippen molar-refractivity contribution < 1.29 is 56.9 Å². The van der Waals surface area contributed by atoms with Gasteiger partial charge in [0.15, 0.2) is 0 Å². The Labute approximate surface area is 139 Å². The van der Waals surface area contributed by atoms with Crippen LogP contribution in [0, 0.1) is 0 Å². The van der Waals surface area contributed by atoms with Crippen LogP contribution in [-0.2, 0) is 20.2 Å². The van der Waals surface area contributed by atoms with Crippen LogP contribution in [0.25, 0.3) is 10.8 Å². The Hall–Kier alpha value is -0.680. The van der Waals surface area contributed by atoms with Gasteiger partial charge in [-0.1, -0.05) is 12.1 Å². The van der Waals surface area contributed by atoms with Crippen molar-refractivity contribution in [1.29, 1.82) is 0 Å². The molecule has 2 rings (SSSR count). The molecule has 0 bridgehead atoms. The molecule has 0 aliphatic heterocycles. The van der Waals surface area contributed by atoms with Crippen molar-refractivity contribution in [2.24, 2.45) is 0 Å². The second kappa shape index (κ2) is 5.60. The molecule has 2 aromatic rings. The van der Waals surface area contributed by atoms with E-state index in [1.54, 1.807) is 0 Å². The summed E-state index contributed by atoms with van der Waals surface area (Å²) in [6.07, 6.45) is 0. The van der Waals surface area contributed by atoms with Gasteiger partial charge in [-0.3, -0.25) is 9.11 Å². The quantitative estimate of drug-likeness (QED) is 0.331. The molecule has 7 nitrogen and oxygen atoms in total. The van der Waals surface area contributed by atoms with E-state index in [0.717, 1.165) is 18.2 Å². The molecule has 20 heavy (non-hydrogen) atoms. The van der Waals surface area contributed by atoms with Gasteiger partial charge in [0.1, 0.15) is 4.90 Å². The molecule has 0 aliphatic rings. The zero-order chi connectivity index (χ0) is 14.4. The third-order valence-electron chi connectivity index (χ3n) is 2.52. The van der Waals surface area contributed by atoms with E-state index in [4.69, 9.17) is 14.8 Å². The van der Waals surface area contributed by atoms with Crippen molar-refractivity contribution in [2.75, 3.05) is 5.73 Å². The molecule has 0 spiro atoms. The third kappa shape index (κ3) is 3.31. The number of benzene rings is 2. The Balaban J connectivity index is 0.00000200. The van der Waals surface area contributed by atoms with E-state index in [0.29, 0.717) is 0 Å². The molecule has 10 heteroatoms. The molecule has 0 radical (unpaired) electrons. The van der Waals surface area contributed by atoms with Gasteiger partial charge in [0.05, 0.1) is 4.90 Å². The summed E-state index contributed by atoms with van der Waals surface area (Å²) in [5.41, 5.74) is 5.42. The maximum absolute atomic E-state index is 11.2. The molecule has 0 unspecified atom stereocenters. The van der Waals surface area contributed by atoms with E-state index < -0.39 is 30.0 Å². The number of hydrogen-bond acceptors (Lipinski definition) is 5. The number of nitrogen functional groups attached to an aromatic ring is 1. The van der Waals surface area contributed by atoms with E-state index in [-0.39, 0.29) is 47.4 Å². The van der Waals surface area contributed by atoms with Crippen molar-refractivity contribution >= 4 is 36.7 Å². The molecule has 2 aromatic carbocycles. The summed E-state index contributed by atoms with van der Waals surface area (Å²) >= 11 is 0. The van der Waals surface area contributed by atoms with Crippen LogP contribution in [-0.4, -0.2) is 25.9 Å². The monoisotopic (exact) mass is 327 g/mol. The predicted molar refractivity (Wildman–Crippen MR) is 69.1 cm³/mol. The molecule has 0 amide bonds. The van der Waals surface area contributed by atoms with Gasteiger partial charge in [-0.15, -0.1) is 0 Å². The van der Waals surface area contributed by atoms with Crippen LogP contribution in [0.3, 0.4) is 0 Å². The SMILES string of the molecule is Nc1cc(S(=O)(=O)O)cc2cccc(S(=O)(=O)O)c12.[H-].[Na+]. The van der Waals surface area contributed by atoms with Gasteiger partial charge < -0.3 is 7.16 Å². The van der Waals surface area contributed by atoms with Gasteiger partial charge in [0, 0.05) is 11.1 Å². The molecule has 4 N–H and O–H groups in total. The number of hydrogen-bond donors (Lipinski definition) is 3. The van der Waals surface area contributed by atoms with Gasteiger partial charge in [-0.25, -0.2) is 0 Å². The fourth-order valence-electron chi connectivity index (χ4n) is 1.76. The van der Waals surface area contributed by atoms with E-state index in [1.165, 1.54) is 12.1 Å². The summed E-state index contributed by atoms with van der Waals surface area (Å²) in [4.78, 5) is -0.880. The number of fused-ring (bicyclic) bond motifs is 1. The Morgan fingerprint density at radius 2 is 1.60 bits per heavy atom. The number of anilines is 1. The Morgan fingerprint density at radius 3 is 2.10 bits per heavy atom. The van der Waals surface area contributed by atoms with Gasteiger partial charge in [-0.2, -0.15) is 16.8 Å². The number of rotatable bonds is 2. The molecule has 104 valence electrons.